The van der Waals surface area contributed by atoms with E-state index in [-0.39, 0.29) is 5.82 Å². The van der Waals surface area contributed by atoms with Crippen LogP contribution in [-0.2, 0) is 0 Å². The number of fused-ring (bicyclic) bond motifs is 1. The van der Waals surface area contributed by atoms with Crippen molar-refractivity contribution >= 4 is 11.0 Å². The van der Waals surface area contributed by atoms with Crippen LogP contribution in [-0.4, -0.2) is 9.97 Å². The van der Waals surface area contributed by atoms with Crippen LogP contribution >= 0.6 is 0 Å². The first-order chi connectivity index (χ1) is 5.36. The van der Waals surface area contributed by atoms with Gasteiger partial charge >= 0.3 is 0 Å². The fourth-order valence-corrected chi connectivity index (χ4v) is 0.891. The molecule has 0 saturated heterocycles. The summed E-state index contributed by atoms with van der Waals surface area (Å²) in [6.07, 6.45) is 3.99. The lowest BCUT2D eigenvalue weighted by Gasteiger charge is -1.92. The monoisotopic (exact) mass is 147 g/mol. The minimum atomic E-state index is -0.294. The van der Waals surface area contributed by atoms with Crippen LogP contribution in [0.1, 0.15) is 0 Å². The van der Waals surface area contributed by atoms with Crippen LogP contribution < -0.4 is 0 Å². The number of hydrogen-bond donors (Lipinski definition) is 0. The first-order valence-corrected chi connectivity index (χ1v) is 3.14. The van der Waals surface area contributed by atoms with E-state index >= 15 is 0 Å². The third kappa shape index (κ3) is 1.05. The number of nitrogens with zero attached hydrogens (tertiary/aromatic N) is 2. The maximum atomic E-state index is 12.6. The van der Waals surface area contributed by atoms with E-state index in [0.29, 0.717) is 11.0 Å². The van der Waals surface area contributed by atoms with E-state index in [1.165, 1.54) is 18.3 Å². The summed E-state index contributed by atoms with van der Waals surface area (Å²) in [6.45, 7) is 0. The molecular formula is C8H4FN2. The SMILES string of the molecule is Fc1ccc2n[c]cnc2c1. The van der Waals surface area contributed by atoms with Crippen molar-refractivity contribution < 1.29 is 4.39 Å². The Bertz CT molecular complexity index is 387. The minimum absolute atomic E-state index is 0.294. The summed E-state index contributed by atoms with van der Waals surface area (Å²) in [4.78, 5) is 7.75. The second-order valence-electron chi connectivity index (χ2n) is 2.13. The Balaban J connectivity index is 2.83. The maximum absolute atomic E-state index is 12.6. The van der Waals surface area contributed by atoms with Gasteiger partial charge in [-0.3, -0.25) is 4.98 Å². The highest BCUT2D eigenvalue weighted by atomic mass is 19.1. The van der Waals surface area contributed by atoms with E-state index in [2.05, 4.69) is 16.2 Å². The van der Waals surface area contributed by atoms with Gasteiger partial charge in [0, 0.05) is 6.07 Å². The van der Waals surface area contributed by atoms with Gasteiger partial charge in [0.15, 0.2) is 0 Å². The first kappa shape index (κ1) is 6.22. The molecule has 0 amide bonds. The highest BCUT2D eigenvalue weighted by Gasteiger charge is 1.95. The predicted molar refractivity (Wildman–Crippen MR) is 38.3 cm³/mol. The molecule has 1 aromatic heterocycles. The van der Waals surface area contributed by atoms with E-state index in [9.17, 15) is 4.39 Å². The molecule has 2 rings (SSSR count). The van der Waals surface area contributed by atoms with E-state index in [1.807, 2.05) is 0 Å². The van der Waals surface area contributed by atoms with Gasteiger partial charge in [-0.15, -0.1) is 0 Å². The van der Waals surface area contributed by atoms with Gasteiger partial charge in [0.25, 0.3) is 0 Å². The molecule has 0 aliphatic rings. The lowest BCUT2D eigenvalue weighted by Crippen LogP contribution is -1.82. The summed E-state index contributed by atoms with van der Waals surface area (Å²) >= 11 is 0. The smallest absolute Gasteiger partial charge is 0.125 e. The highest BCUT2D eigenvalue weighted by Crippen LogP contribution is 2.08. The van der Waals surface area contributed by atoms with Crippen molar-refractivity contribution in [1.82, 2.24) is 9.97 Å². The molecule has 0 saturated carbocycles. The van der Waals surface area contributed by atoms with E-state index in [0.717, 1.165) is 0 Å². The van der Waals surface area contributed by atoms with E-state index in [4.69, 9.17) is 0 Å². The van der Waals surface area contributed by atoms with Crippen LogP contribution in [0.15, 0.2) is 24.4 Å². The van der Waals surface area contributed by atoms with Crippen LogP contribution in [0.4, 0.5) is 4.39 Å². The molecule has 3 heteroatoms. The predicted octanol–water partition coefficient (Wildman–Crippen LogP) is 1.57. The zero-order valence-electron chi connectivity index (χ0n) is 5.58. The molecule has 0 spiro atoms. The number of benzene rings is 1. The molecule has 0 aliphatic heterocycles. The molecule has 11 heavy (non-hydrogen) atoms. The average molecular weight is 147 g/mol. The van der Waals surface area contributed by atoms with Crippen molar-refractivity contribution in [3.05, 3.63) is 36.4 Å². The van der Waals surface area contributed by atoms with Gasteiger partial charge in [-0.1, -0.05) is 0 Å². The Morgan fingerprint density at radius 2 is 2.18 bits per heavy atom. The van der Waals surface area contributed by atoms with Crippen molar-refractivity contribution in [2.24, 2.45) is 0 Å². The van der Waals surface area contributed by atoms with Crippen molar-refractivity contribution in [1.29, 1.82) is 0 Å². The summed E-state index contributed by atoms with van der Waals surface area (Å²) in [5.74, 6) is -0.294. The normalized spacial score (nSPS) is 10.3. The molecule has 1 heterocycles. The third-order valence-electron chi connectivity index (χ3n) is 1.38. The second kappa shape index (κ2) is 2.27. The average Bonchev–Trinajstić information content (AvgIpc) is 2.04. The molecule has 0 aliphatic carbocycles. The van der Waals surface area contributed by atoms with Crippen LogP contribution in [0.25, 0.3) is 11.0 Å². The number of rotatable bonds is 0. The van der Waals surface area contributed by atoms with Crippen LogP contribution in [0.5, 0.6) is 0 Å². The van der Waals surface area contributed by atoms with Crippen molar-refractivity contribution in [3.8, 4) is 0 Å². The number of hydrogen-bond acceptors (Lipinski definition) is 2. The summed E-state index contributed by atoms with van der Waals surface area (Å²) in [5, 5.41) is 0. The molecule has 0 fully saturated rings. The molecule has 2 aromatic rings. The molecule has 0 bridgehead atoms. The summed E-state index contributed by atoms with van der Waals surface area (Å²) in [5.41, 5.74) is 1.22. The Morgan fingerprint density at radius 1 is 1.27 bits per heavy atom. The standard InChI is InChI=1S/C8H4FN2/c9-6-1-2-7-8(5-6)11-4-3-10-7/h1-2,4-5H. The van der Waals surface area contributed by atoms with Crippen LogP contribution in [0.3, 0.4) is 0 Å². The Morgan fingerprint density at radius 3 is 3.09 bits per heavy atom. The molecule has 1 aromatic carbocycles. The molecule has 53 valence electrons. The van der Waals surface area contributed by atoms with Gasteiger partial charge in [-0.25, -0.2) is 9.37 Å². The Kier molecular flexibility index (Phi) is 1.28. The lowest BCUT2D eigenvalue weighted by molar-refractivity contribution is 0.629. The first-order valence-electron chi connectivity index (χ1n) is 3.14. The molecule has 0 N–H and O–H groups in total. The largest absolute Gasteiger partial charge is 0.252 e. The maximum Gasteiger partial charge on any atom is 0.125 e. The summed E-state index contributed by atoms with van der Waals surface area (Å²) in [7, 11) is 0. The minimum Gasteiger partial charge on any atom is -0.252 e. The molecule has 1 radical (unpaired) electrons. The van der Waals surface area contributed by atoms with Gasteiger partial charge in [-0.05, 0) is 12.1 Å². The van der Waals surface area contributed by atoms with E-state index in [1.54, 1.807) is 6.07 Å². The van der Waals surface area contributed by atoms with Crippen molar-refractivity contribution in [3.63, 3.8) is 0 Å². The van der Waals surface area contributed by atoms with Crippen molar-refractivity contribution in [2.45, 2.75) is 0 Å². The van der Waals surface area contributed by atoms with Gasteiger partial charge < -0.3 is 0 Å². The summed E-state index contributed by atoms with van der Waals surface area (Å²) in [6, 6.07) is 4.27. The lowest BCUT2D eigenvalue weighted by atomic mass is 10.3. The topological polar surface area (TPSA) is 25.8 Å². The molecule has 0 unspecified atom stereocenters. The highest BCUT2D eigenvalue weighted by molar-refractivity contribution is 5.73. The van der Waals surface area contributed by atoms with Gasteiger partial charge in [-0.2, -0.15) is 0 Å². The van der Waals surface area contributed by atoms with Crippen LogP contribution in [0.2, 0.25) is 0 Å². The van der Waals surface area contributed by atoms with Gasteiger partial charge in [0.1, 0.15) is 12.0 Å². The van der Waals surface area contributed by atoms with Gasteiger partial charge in [0.05, 0.1) is 17.2 Å². The fraction of sp³-hybridized carbons (Fsp3) is 0. The summed E-state index contributed by atoms with van der Waals surface area (Å²) < 4.78 is 12.6. The Labute approximate surface area is 62.7 Å². The third-order valence-corrected chi connectivity index (χ3v) is 1.38. The van der Waals surface area contributed by atoms with Crippen LogP contribution in [0, 0.1) is 12.0 Å². The molecule has 0 atom stereocenters. The molecular weight excluding hydrogens is 143 g/mol. The fourth-order valence-electron chi connectivity index (χ4n) is 0.891. The number of aromatic nitrogens is 2. The van der Waals surface area contributed by atoms with E-state index < -0.39 is 0 Å². The zero-order valence-corrected chi connectivity index (χ0v) is 5.58. The van der Waals surface area contributed by atoms with Gasteiger partial charge in [0.2, 0.25) is 0 Å². The quantitative estimate of drug-likeness (QED) is 0.565. The molecule has 2 nitrogen and oxygen atoms in total. The second-order valence-corrected chi connectivity index (χ2v) is 2.13. The number of halogens is 1. The van der Waals surface area contributed by atoms with Crippen molar-refractivity contribution in [2.75, 3.05) is 0 Å². The Hall–Kier alpha value is -1.51. The zero-order chi connectivity index (χ0) is 7.68.